The van der Waals surface area contributed by atoms with Gasteiger partial charge in [0.15, 0.2) is 0 Å². The van der Waals surface area contributed by atoms with Crippen molar-refractivity contribution in [1.29, 1.82) is 0 Å². The van der Waals surface area contributed by atoms with Gasteiger partial charge in [0, 0.05) is 6.42 Å². The second-order valence-electron chi connectivity index (χ2n) is 5.68. The lowest BCUT2D eigenvalue weighted by Crippen LogP contribution is -2.36. The highest BCUT2D eigenvalue weighted by Gasteiger charge is 2.51. The van der Waals surface area contributed by atoms with Crippen LogP contribution in [-0.2, 0) is 12.8 Å². The van der Waals surface area contributed by atoms with Crippen LogP contribution >= 0.6 is 0 Å². The molecule has 2 rings (SSSR count). The SMILES string of the molecule is CCc1ccc(CC(C)(O)C2(C)CC2)cc1. The molecule has 88 valence electrons. The molecule has 1 aliphatic rings. The van der Waals surface area contributed by atoms with Gasteiger partial charge in [0.1, 0.15) is 0 Å². The lowest BCUT2D eigenvalue weighted by Gasteiger charge is -2.30. The minimum Gasteiger partial charge on any atom is -0.389 e. The van der Waals surface area contributed by atoms with Gasteiger partial charge in [0.25, 0.3) is 0 Å². The fourth-order valence-electron chi connectivity index (χ4n) is 2.23. The van der Waals surface area contributed by atoms with Crippen LogP contribution in [0.15, 0.2) is 24.3 Å². The first kappa shape index (κ1) is 11.7. The number of rotatable bonds is 4. The molecule has 0 bridgehead atoms. The van der Waals surface area contributed by atoms with E-state index in [0.717, 1.165) is 25.7 Å². The van der Waals surface area contributed by atoms with Gasteiger partial charge in [-0.05, 0) is 42.7 Å². The summed E-state index contributed by atoms with van der Waals surface area (Å²) in [5.41, 5.74) is 2.20. The summed E-state index contributed by atoms with van der Waals surface area (Å²) in [6, 6.07) is 8.64. The Balaban J connectivity index is 2.08. The van der Waals surface area contributed by atoms with Gasteiger partial charge < -0.3 is 5.11 Å². The highest BCUT2D eigenvalue weighted by atomic mass is 16.3. The van der Waals surface area contributed by atoms with E-state index in [0.29, 0.717) is 0 Å². The smallest absolute Gasteiger partial charge is 0.0713 e. The van der Waals surface area contributed by atoms with Gasteiger partial charge in [-0.25, -0.2) is 0 Å². The van der Waals surface area contributed by atoms with E-state index in [-0.39, 0.29) is 5.41 Å². The molecule has 1 saturated carbocycles. The summed E-state index contributed by atoms with van der Waals surface area (Å²) < 4.78 is 0. The van der Waals surface area contributed by atoms with Crippen molar-refractivity contribution in [2.75, 3.05) is 0 Å². The highest BCUT2D eigenvalue weighted by Crippen LogP contribution is 2.54. The molecule has 1 unspecified atom stereocenters. The Morgan fingerprint density at radius 1 is 1.19 bits per heavy atom. The molecule has 1 nitrogen and oxygen atoms in total. The van der Waals surface area contributed by atoms with Gasteiger partial charge in [-0.15, -0.1) is 0 Å². The van der Waals surface area contributed by atoms with Crippen LogP contribution in [0.25, 0.3) is 0 Å². The minimum absolute atomic E-state index is 0.149. The monoisotopic (exact) mass is 218 g/mol. The first-order valence-corrected chi connectivity index (χ1v) is 6.27. The molecule has 1 N–H and O–H groups in total. The zero-order valence-electron chi connectivity index (χ0n) is 10.6. The third-order valence-corrected chi connectivity index (χ3v) is 4.28. The quantitative estimate of drug-likeness (QED) is 0.821. The molecule has 0 radical (unpaired) electrons. The number of benzene rings is 1. The van der Waals surface area contributed by atoms with Gasteiger partial charge in [-0.2, -0.15) is 0 Å². The molecule has 1 heteroatoms. The molecular formula is C15H22O. The maximum atomic E-state index is 10.5. The van der Waals surface area contributed by atoms with Crippen LogP contribution in [0.2, 0.25) is 0 Å². The standard InChI is InChI=1S/C15H22O/c1-4-12-5-7-13(8-6-12)11-15(3,16)14(2)9-10-14/h5-8,16H,4,9-11H2,1-3H3. The Kier molecular flexibility index (Phi) is 2.83. The van der Waals surface area contributed by atoms with Gasteiger partial charge >= 0.3 is 0 Å². The van der Waals surface area contributed by atoms with Crippen LogP contribution in [0.5, 0.6) is 0 Å². The summed E-state index contributed by atoms with van der Waals surface area (Å²) in [4.78, 5) is 0. The Morgan fingerprint density at radius 3 is 2.12 bits per heavy atom. The summed E-state index contributed by atoms with van der Waals surface area (Å²) in [5.74, 6) is 0. The molecule has 0 spiro atoms. The van der Waals surface area contributed by atoms with E-state index in [1.54, 1.807) is 0 Å². The first-order valence-electron chi connectivity index (χ1n) is 6.27. The Labute approximate surface area is 98.5 Å². The molecule has 16 heavy (non-hydrogen) atoms. The number of hydrogen-bond acceptors (Lipinski definition) is 1. The minimum atomic E-state index is -0.555. The van der Waals surface area contributed by atoms with Crippen molar-refractivity contribution in [3.63, 3.8) is 0 Å². The average Bonchev–Trinajstić information content (AvgIpc) is 2.99. The maximum absolute atomic E-state index is 10.5. The topological polar surface area (TPSA) is 20.2 Å². The molecule has 1 aliphatic carbocycles. The van der Waals surface area contributed by atoms with E-state index < -0.39 is 5.60 Å². The van der Waals surface area contributed by atoms with Gasteiger partial charge in [-0.3, -0.25) is 0 Å². The summed E-state index contributed by atoms with van der Waals surface area (Å²) in [6.07, 6.45) is 4.17. The zero-order chi connectivity index (χ0) is 11.8. The normalized spacial score (nSPS) is 21.5. The van der Waals surface area contributed by atoms with Crippen LogP contribution in [0.4, 0.5) is 0 Å². The lowest BCUT2D eigenvalue weighted by atomic mass is 9.82. The molecule has 0 amide bonds. The molecule has 1 atom stereocenters. The molecule has 1 aromatic rings. The van der Waals surface area contributed by atoms with Crippen molar-refractivity contribution in [1.82, 2.24) is 0 Å². The summed E-state index contributed by atoms with van der Waals surface area (Å²) in [5, 5.41) is 10.5. The largest absolute Gasteiger partial charge is 0.389 e. The van der Waals surface area contributed by atoms with Crippen molar-refractivity contribution in [2.24, 2.45) is 5.41 Å². The number of hydrogen-bond donors (Lipinski definition) is 1. The maximum Gasteiger partial charge on any atom is 0.0713 e. The van der Waals surface area contributed by atoms with Crippen molar-refractivity contribution < 1.29 is 5.11 Å². The van der Waals surface area contributed by atoms with E-state index >= 15 is 0 Å². The Morgan fingerprint density at radius 2 is 1.69 bits per heavy atom. The third kappa shape index (κ3) is 2.15. The summed E-state index contributed by atoms with van der Waals surface area (Å²) in [6.45, 7) is 6.33. The fourth-order valence-corrected chi connectivity index (χ4v) is 2.23. The molecule has 1 fully saturated rings. The molecular weight excluding hydrogens is 196 g/mol. The van der Waals surface area contributed by atoms with Crippen LogP contribution in [0.3, 0.4) is 0 Å². The lowest BCUT2D eigenvalue weighted by molar-refractivity contribution is -0.00702. The van der Waals surface area contributed by atoms with Crippen molar-refractivity contribution in [3.8, 4) is 0 Å². The predicted octanol–water partition coefficient (Wildman–Crippen LogP) is 3.34. The van der Waals surface area contributed by atoms with E-state index in [2.05, 4.69) is 38.1 Å². The van der Waals surface area contributed by atoms with Crippen molar-refractivity contribution >= 4 is 0 Å². The van der Waals surface area contributed by atoms with E-state index in [4.69, 9.17) is 0 Å². The molecule has 0 heterocycles. The number of aryl methyl sites for hydroxylation is 1. The highest BCUT2D eigenvalue weighted by molar-refractivity contribution is 5.25. The fraction of sp³-hybridized carbons (Fsp3) is 0.600. The predicted molar refractivity (Wildman–Crippen MR) is 67.5 cm³/mol. The van der Waals surface area contributed by atoms with Crippen LogP contribution in [0, 0.1) is 5.41 Å². The second kappa shape index (κ2) is 3.89. The average molecular weight is 218 g/mol. The van der Waals surface area contributed by atoms with Gasteiger partial charge in [0.05, 0.1) is 5.60 Å². The van der Waals surface area contributed by atoms with Crippen molar-refractivity contribution in [3.05, 3.63) is 35.4 Å². The molecule has 0 aromatic heterocycles. The number of aliphatic hydroxyl groups is 1. The Bertz CT molecular complexity index is 358. The summed E-state index contributed by atoms with van der Waals surface area (Å²) >= 11 is 0. The second-order valence-corrected chi connectivity index (χ2v) is 5.68. The molecule has 0 aliphatic heterocycles. The third-order valence-electron chi connectivity index (χ3n) is 4.28. The van der Waals surface area contributed by atoms with Crippen LogP contribution in [-0.4, -0.2) is 10.7 Å². The van der Waals surface area contributed by atoms with E-state index in [9.17, 15) is 5.11 Å². The molecule has 1 aromatic carbocycles. The molecule has 0 saturated heterocycles. The summed E-state index contributed by atoms with van der Waals surface area (Å²) in [7, 11) is 0. The zero-order valence-corrected chi connectivity index (χ0v) is 10.6. The van der Waals surface area contributed by atoms with Gasteiger partial charge in [-0.1, -0.05) is 38.1 Å². The van der Waals surface area contributed by atoms with E-state index in [1.165, 1.54) is 11.1 Å². The van der Waals surface area contributed by atoms with Crippen LogP contribution < -0.4 is 0 Å². The van der Waals surface area contributed by atoms with E-state index in [1.807, 2.05) is 6.92 Å². The first-order chi connectivity index (χ1) is 7.47. The van der Waals surface area contributed by atoms with Crippen molar-refractivity contribution in [2.45, 2.75) is 52.1 Å². The van der Waals surface area contributed by atoms with Gasteiger partial charge in [0.2, 0.25) is 0 Å². The van der Waals surface area contributed by atoms with Crippen LogP contribution in [0.1, 0.15) is 44.7 Å². The Hall–Kier alpha value is -0.820.